The van der Waals surface area contributed by atoms with E-state index < -0.39 is 0 Å². The summed E-state index contributed by atoms with van der Waals surface area (Å²) in [6, 6.07) is 7.00. The molecule has 0 aromatic heterocycles. The molecule has 0 aliphatic carbocycles. The molecule has 0 bridgehead atoms. The molecule has 1 saturated heterocycles. The molecule has 1 atom stereocenters. The van der Waals surface area contributed by atoms with Gasteiger partial charge in [-0.1, -0.05) is 12.1 Å². The lowest BCUT2D eigenvalue weighted by Gasteiger charge is -2.24. The lowest BCUT2D eigenvalue weighted by Crippen LogP contribution is -2.35. The molecule has 1 aromatic carbocycles. The number of para-hydroxylation sites is 1. The fourth-order valence-electron chi connectivity index (χ4n) is 2.53. The highest BCUT2D eigenvalue weighted by Crippen LogP contribution is 2.26. The minimum absolute atomic E-state index is 0.0606. The third kappa shape index (κ3) is 2.78. The van der Waals surface area contributed by atoms with Gasteiger partial charge in [0.2, 0.25) is 0 Å². The van der Waals surface area contributed by atoms with Gasteiger partial charge >= 0.3 is 0 Å². The van der Waals surface area contributed by atoms with E-state index in [0.29, 0.717) is 11.4 Å². The predicted octanol–water partition coefficient (Wildman–Crippen LogP) is 3.02. The topological polar surface area (TPSA) is 40.5 Å². The summed E-state index contributed by atoms with van der Waals surface area (Å²) in [5, 5.41) is 9.73. The van der Waals surface area contributed by atoms with Crippen molar-refractivity contribution in [3.8, 4) is 5.75 Å². The van der Waals surface area contributed by atoms with E-state index in [1.54, 1.807) is 24.3 Å². The SMILES string of the molecule is O=C(c1ccccc1O)N1CCCC1CCCCl. The molecule has 1 N–H and O–H groups in total. The third-order valence-electron chi connectivity index (χ3n) is 3.44. The van der Waals surface area contributed by atoms with Crippen LogP contribution in [0.4, 0.5) is 0 Å². The van der Waals surface area contributed by atoms with Crippen LogP contribution in [0, 0.1) is 0 Å². The number of likely N-dealkylation sites (tertiary alicyclic amines) is 1. The smallest absolute Gasteiger partial charge is 0.257 e. The standard InChI is InChI=1S/C14H18ClNO2/c15-9-3-5-11-6-4-10-16(11)14(18)12-7-1-2-8-13(12)17/h1-2,7-8,11,17H,3-6,9-10H2. The van der Waals surface area contributed by atoms with Gasteiger partial charge < -0.3 is 10.0 Å². The summed E-state index contributed by atoms with van der Waals surface area (Å²) >= 11 is 5.71. The van der Waals surface area contributed by atoms with Crippen LogP contribution in [0.25, 0.3) is 0 Å². The van der Waals surface area contributed by atoms with E-state index in [-0.39, 0.29) is 17.7 Å². The fraction of sp³-hybridized carbons (Fsp3) is 0.500. The number of carbonyl (C=O) groups is 1. The summed E-state index contributed by atoms with van der Waals surface area (Å²) in [7, 11) is 0. The van der Waals surface area contributed by atoms with E-state index in [4.69, 9.17) is 11.6 Å². The van der Waals surface area contributed by atoms with Gasteiger partial charge in [0.15, 0.2) is 0 Å². The summed E-state index contributed by atoms with van der Waals surface area (Å²) in [6.07, 6.45) is 3.95. The normalized spacial score (nSPS) is 19.2. The lowest BCUT2D eigenvalue weighted by molar-refractivity contribution is 0.0727. The number of hydrogen-bond donors (Lipinski definition) is 1. The molecule has 3 nitrogen and oxygen atoms in total. The highest BCUT2D eigenvalue weighted by atomic mass is 35.5. The van der Waals surface area contributed by atoms with Crippen LogP contribution in [-0.4, -0.2) is 34.4 Å². The summed E-state index contributed by atoms with van der Waals surface area (Å²) in [5.41, 5.74) is 0.398. The van der Waals surface area contributed by atoms with Crippen LogP contribution in [0.1, 0.15) is 36.0 Å². The number of amides is 1. The van der Waals surface area contributed by atoms with Crippen LogP contribution >= 0.6 is 11.6 Å². The van der Waals surface area contributed by atoms with Crippen molar-refractivity contribution in [3.05, 3.63) is 29.8 Å². The quantitative estimate of drug-likeness (QED) is 0.852. The zero-order valence-electron chi connectivity index (χ0n) is 10.3. The largest absolute Gasteiger partial charge is 0.507 e. The second-order valence-electron chi connectivity index (χ2n) is 4.64. The first-order chi connectivity index (χ1) is 8.74. The maximum Gasteiger partial charge on any atom is 0.257 e. The van der Waals surface area contributed by atoms with E-state index in [0.717, 1.165) is 32.2 Å². The van der Waals surface area contributed by atoms with Crippen molar-refractivity contribution in [1.29, 1.82) is 0 Å². The van der Waals surface area contributed by atoms with Gasteiger partial charge in [0, 0.05) is 18.5 Å². The minimum atomic E-state index is -0.0647. The molecule has 98 valence electrons. The number of hydrogen-bond acceptors (Lipinski definition) is 2. The molecule has 1 amide bonds. The number of benzene rings is 1. The maximum atomic E-state index is 12.4. The van der Waals surface area contributed by atoms with E-state index in [9.17, 15) is 9.90 Å². The zero-order valence-corrected chi connectivity index (χ0v) is 11.1. The first-order valence-corrected chi connectivity index (χ1v) is 6.92. The van der Waals surface area contributed by atoms with Crippen LogP contribution in [0.5, 0.6) is 5.75 Å². The molecule has 0 saturated carbocycles. The van der Waals surface area contributed by atoms with Gasteiger partial charge in [-0.25, -0.2) is 0 Å². The number of carbonyl (C=O) groups excluding carboxylic acids is 1. The Kier molecular flexibility index (Phi) is 4.48. The van der Waals surface area contributed by atoms with E-state index in [2.05, 4.69) is 0 Å². The molecule has 1 aromatic rings. The third-order valence-corrected chi connectivity index (χ3v) is 3.71. The van der Waals surface area contributed by atoms with Gasteiger partial charge in [-0.05, 0) is 37.8 Å². The Morgan fingerprint density at radius 3 is 2.94 bits per heavy atom. The van der Waals surface area contributed by atoms with E-state index >= 15 is 0 Å². The molecule has 1 heterocycles. The van der Waals surface area contributed by atoms with Crippen molar-refractivity contribution in [2.45, 2.75) is 31.7 Å². The number of nitrogens with zero attached hydrogens (tertiary/aromatic N) is 1. The van der Waals surface area contributed by atoms with Crippen molar-refractivity contribution >= 4 is 17.5 Å². The van der Waals surface area contributed by atoms with Crippen LogP contribution in [-0.2, 0) is 0 Å². The molecule has 1 aliphatic heterocycles. The number of halogens is 1. The zero-order chi connectivity index (χ0) is 13.0. The van der Waals surface area contributed by atoms with Gasteiger partial charge in [-0.2, -0.15) is 0 Å². The maximum absolute atomic E-state index is 12.4. The second-order valence-corrected chi connectivity index (χ2v) is 5.02. The average molecular weight is 268 g/mol. The Bertz CT molecular complexity index is 422. The molecule has 0 spiro atoms. The Balaban J connectivity index is 2.10. The second kappa shape index (κ2) is 6.10. The van der Waals surface area contributed by atoms with Crippen molar-refractivity contribution in [1.82, 2.24) is 4.90 Å². The van der Waals surface area contributed by atoms with E-state index in [1.165, 1.54) is 0 Å². The Hall–Kier alpha value is -1.22. The number of aromatic hydroxyl groups is 1. The predicted molar refractivity (Wildman–Crippen MR) is 72.1 cm³/mol. The molecule has 2 rings (SSSR count). The average Bonchev–Trinajstić information content (AvgIpc) is 2.84. The first kappa shape index (κ1) is 13.2. The number of alkyl halides is 1. The van der Waals surface area contributed by atoms with Crippen LogP contribution in [0.3, 0.4) is 0 Å². The Morgan fingerprint density at radius 1 is 1.44 bits per heavy atom. The van der Waals surface area contributed by atoms with Crippen LogP contribution in [0.15, 0.2) is 24.3 Å². The molecular weight excluding hydrogens is 250 g/mol. The van der Waals surface area contributed by atoms with Crippen molar-refractivity contribution in [2.75, 3.05) is 12.4 Å². The monoisotopic (exact) mass is 267 g/mol. The van der Waals surface area contributed by atoms with Gasteiger partial charge in [-0.15, -0.1) is 11.6 Å². The molecular formula is C14H18ClNO2. The number of phenolic OH excluding ortho intramolecular Hbond substituents is 1. The lowest BCUT2D eigenvalue weighted by atomic mass is 10.1. The minimum Gasteiger partial charge on any atom is -0.507 e. The Morgan fingerprint density at radius 2 is 2.22 bits per heavy atom. The molecule has 0 radical (unpaired) electrons. The first-order valence-electron chi connectivity index (χ1n) is 6.39. The van der Waals surface area contributed by atoms with Crippen molar-refractivity contribution < 1.29 is 9.90 Å². The molecule has 18 heavy (non-hydrogen) atoms. The van der Waals surface area contributed by atoms with E-state index in [1.807, 2.05) is 4.90 Å². The van der Waals surface area contributed by atoms with Crippen LogP contribution in [0.2, 0.25) is 0 Å². The van der Waals surface area contributed by atoms with Gasteiger partial charge in [0.05, 0.1) is 5.56 Å². The summed E-state index contributed by atoms with van der Waals surface area (Å²) in [5.74, 6) is 0.630. The summed E-state index contributed by atoms with van der Waals surface area (Å²) < 4.78 is 0. The van der Waals surface area contributed by atoms with Crippen molar-refractivity contribution in [2.24, 2.45) is 0 Å². The summed E-state index contributed by atoms with van der Waals surface area (Å²) in [4.78, 5) is 14.3. The van der Waals surface area contributed by atoms with Gasteiger partial charge in [0.25, 0.3) is 5.91 Å². The molecule has 1 unspecified atom stereocenters. The number of rotatable bonds is 4. The molecule has 1 aliphatic rings. The fourth-order valence-corrected chi connectivity index (χ4v) is 2.68. The number of phenols is 1. The molecule has 4 heteroatoms. The van der Waals surface area contributed by atoms with Gasteiger partial charge in [-0.3, -0.25) is 4.79 Å². The Labute approximate surface area is 112 Å². The highest BCUT2D eigenvalue weighted by molar-refractivity contribution is 6.17. The van der Waals surface area contributed by atoms with Crippen LogP contribution < -0.4 is 0 Å². The van der Waals surface area contributed by atoms with Gasteiger partial charge in [0.1, 0.15) is 5.75 Å². The highest BCUT2D eigenvalue weighted by Gasteiger charge is 2.29. The summed E-state index contributed by atoms with van der Waals surface area (Å²) in [6.45, 7) is 0.778. The van der Waals surface area contributed by atoms with Crippen molar-refractivity contribution in [3.63, 3.8) is 0 Å². The molecule has 1 fully saturated rings.